The fourth-order valence-corrected chi connectivity index (χ4v) is 1.84. The number of nitro benzene ring substituents is 1. The summed E-state index contributed by atoms with van der Waals surface area (Å²) >= 11 is 11.6. The molecule has 0 atom stereocenters. The predicted molar refractivity (Wildman–Crippen MR) is 78.4 cm³/mol. The molecule has 0 unspecified atom stereocenters. The Morgan fingerprint density at radius 1 is 1.38 bits per heavy atom. The van der Waals surface area contributed by atoms with Gasteiger partial charge in [0.25, 0.3) is 0 Å². The molecule has 0 radical (unpaired) electrons. The van der Waals surface area contributed by atoms with Crippen LogP contribution in [-0.4, -0.2) is 15.7 Å². The van der Waals surface area contributed by atoms with Gasteiger partial charge < -0.3 is 10.5 Å². The molecule has 21 heavy (non-hydrogen) atoms. The van der Waals surface area contributed by atoms with E-state index >= 15 is 0 Å². The van der Waals surface area contributed by atoms with Gasteiger partial charge in [-0.15, -0.1) is 0 Å². The van der Waals surface area contributed by atoms with Crippen molar-refractivity contribution in [1.82, 2.24) is 4.98 Å². The average Bonchev–Trinajstić information content (AvgIpc) is 2.42. The lowest BCUT2D eigenvalue weighted by atomic mass is 10.2. The number of nitrogen functional groups attached to an aromatic ring is 1. The van der Waals surface area contributed by atoms with Gasteiger partial charge in [-0.3, -0.25) is 15.5 Å². The number of nitrogens with two attached hydrogens (primary N) is 1. The van der Waals surface area contributed by atoms with Gasteiger partial charge in [0.05, 0.1) is 20.5 Å². The fraction of sp³-hybridized carbons (Fsp3) is 0. The second-order valence-corrected chi connectivity index (χ2v) is 4.68. The molecule has 0 aliphatic heterocycles. The summed E-state index contributed by atoms with van der Waals surface area (Å²) in [6.07, 6.45) is 1.41. The second kappa shape index (κ2) is 5.94. The molecular weight excluding hydrogens is 319 g/mol. The number of nitro groups is 1. The van der Waals surface area contributed by atoms with Crippen molar-refractivity contribution >= 4 is 34.7 Å². The van der Waals surface area contributed by atoms with Crippen LogP contribution in [0.5, 0.6) is 11.6 Å². The first kappa shape index (κ1) is 15.0. The first-order valence-electron chi connectivity index (χ1n) is 5.51. The van der Waals surface area contributed by atoms with Crippen molar-refractivity contribution in [2.75, 3.05) is 0 Å². The maximum atomic E-state index is 11.0. The molecule has 1 heterocycles. The van der Waals surface area contributed by atoms with Crippen molar-refractivity contribution in [3.05, 3.63) is 56.2 Å². The molecule has 2 rings (SSSR count). The molecule has 108 valence electrons. The van der Waals surface area contributed by atoms with E-state index in [1.807, 2.05) is 0 Å². The van der Waals surface area contributed by atoms with E-state index in [9.17, 15) is 10.1 Å². The van der Waals surface area contributed by atoms with Gasteiger partial charge in [-0.1, -0.05) is 23.2 Å². The molecule has 0 saturated carbocycles. The Morgan fingerprint density at radius 2 is 2.05 bits per heavy atom. The van der Waals surface area contributed by atoms with Gasteiger partial charge in [0, 0.05) is 18.3 Å². The minimum absolute atomic E-state index is 0.0310. The van der Waals surface area contributed by atoms with Crippen LogP contribution in [0.3, 0.4) is 0 Å². The molecule has 0 spiro atoms. The van der Waals surface area contributed by atoms with Crippen molar-refractivity contribution in [2.45, 2.75) is 0 Å². The topological polar surface area (TPSA) is 115 Å². The zero-order valence-electron chi connectivity index (χ0n) is 10.3. The lowest BCUT2D eigenvalue weighted by Gasteiger charge is -2.09. The molecule has 0 amide bonds. The number of nitrogens with one attached hydrogen (secondary N) is 1. The SMILES string of the molecule is N=C(N)c1cccnc1Oc1cc(Cl)c(Cl)cc1[N+](=O)[O-]. The maximum absolute atomic E-state index is 11.0. The highest BCUT2D eigenvalue weighted by atomic mass is 35.5. The Labute approximate surface area is 128 Å². The van der Waals surface area contributed by atoms with Crippen LogP contribution < -0.4 is 10.5 Å². The van der Waals surface area contributed by atoms with Crippen molar-refractivity contribution in [2.24, 2.45) is 5.73 Å². The molecular formula is C12H8Cl2N4O3. The summed E-state index contributed by atoms with van der Waals surface area (Å²) in [6.45, 7) is 0. The Bertz CT molecular complexity index is 736. The van der Waals surface area contributed by atoms with Crippen LogP contribution in [0.25, 0.3) is 0 Å². The first-order valence-corrected chi connectivity index (χ1v) is 6.26. The summed E-state index contributed by atoms with van der Waals surface area (Å²) in [5, 5.41) is 18.6. The lowest BCUT2D eigenvalue weighted by Crippen LogP contribution is -2.13. The number of hydrogen-bond acceptors (Lipinski definition) is 5. The molecule has 2 aromatic rings. The highest BCUT2D eigenvalue weighted by Crippen LogP contribution is 2.38. The number of hydrogen-bond donors (Lipinski definition) is 2. The summed E-state index contributed by atoms with van der Waals surface area (Å²) in [6, 6.07) is 5.36. The normalized spacial score (nSPS) is 10.2. The molecule has 0 aliphatic rings. The number of halogens is 2. The summed E-state index contributed by atoms with van der Waals surface area (Å²) in [5.74, 6) is -0.456. The van der Waals surface area contributed by atoms with E-state index in [0.29, 0.717) is 0 Å². The molecule has 0 fully saturated rings. The van der Waals surface area contributed by atoms with Gasteiger partial charge in [0.1, 0.15) is 5.84 Å². The van der Waals surface area contributed by atoms with Crippen LogP contribution in [0, 0.1) is 15.5 Å². The molecule has 0 saturated heterocycles. The number of ether oxygens (including phenoxy) is 1. The first-order chi connectivity index (χ1) is 9.90. The van der Waals surface area contributed by atoms with E-state index in [0.717, 1.165) is 6.07 Å². The van der Waals surface area contributed by atoms with Gasteiger partial charge >= 0.3 is 5.69 Å². The summed E-state index contributed by atoms with van der Waals surface area (Å²) < 4.78 is 5.38. The third-order valence-electron chi connectivity index (χ3n) is 2.47. The van der Waals surface area contributed by atoms with Gasteiger partial charge in [-0.05, 0) is 12.1 Å². The summed E-state index contributed by atoms with van der Waals surface area (Å²) in [4.78, 5) is 14.3. The van der Waals surface area contributed by atoms with Crippen molar-refractivity contribution in [3.63, 3.8) is 0 Å². The number of aromatic nitrogens is 1. The third-order valence-corrected chi connectivity index (χ3v) is 3.19. The van der Waals surface area contributed by atoms with Crippen LogP contribution in [-0.2, 0) is 0 Å². The number of rotatable bonds is 4. The molecule has 9 heteroatoms. The van der Waals surface area contributed by atoms with E-state index in [-0.39, 0.29) is 38.8 Å². The van der Waals surface area contributed by atoms with Gasteiger partial charge in [0.15, 0.2) is 0 Å². The van der Waals surface area contributed by atoms with Crippen LogP contribution in [0.1, 0.15) is 5.56 Å². The van der Waals surface area contributed by atoms with E-state index in [4.69, 9.17) is 39.1 Å². The van der Waals surface area contributed by atoms with Crippen LogP contribution in [0.4, 0.5) is 5.69 Å². The van der Waals surface area contributed by atoms with Crippen LogP contribution in [0.2, 0.25) is 10.0 Å². The average molecular weight is 327 g/mol. The van der Waals surface area contributed by atoms with Gasteiger partial charge in [0.2, 0.25) is 11.6 Å². The van der Waals surface area contributed by atoms with Crippen molar-refractivity contribution < 1.29 is 9.66 Å². The minimum atomic E-state index is -0.659. The van der Waals surface area contributed by atoms with Gasteiger partial charge in [-0.25, -0.2) is 4.98 Å². The summed E-state index contributed by atoms with van der Waals surface area (Å²) in [5.41, 5.74) is 5.24. The standard InChI is InChI=1S/C12H8Cl2N4O3/c13-7-4-9(18(19)20)10(5-8(7)14)21-12-6(11(15)16)2-1-3-17-12/h1-5H,(H3,15,16). The largest absolute Gasteiger partial charge is 0.431 e. The minimum Gasteiger partial charge on any atom is -0.431 e. The molecule has 7 nitrogen and oxygen atoms in total. The van der Waals surface area contributed by atoms with Crippen molar-refractivity contribution in [3.8, 4) is 11.6 Å². The highest BCUT2D eigenvalue weighted by Gasteiger charge is 2.21. The highest BCUT2D eigenvalue weighted by molar-refractivity contribution is 6.42. The number of pyridine rings is 1. The van der Waals surface area contributed by atoms with Gasteiger partial charge in [-0.2, -0.15) is 0 Å². The quantitative estimate of drug-likeness (QED) is 0.386. The second-order valence-electron chi connectivity index (χ2n) is 3.86. The molecule has 1 aromatic carbocycles. The Hall–Kier alpha value is -2.38. The van der Waals surface area contributed by atoms with E-state index in [2.05, 4.69) is 4.98 Å². The molecule has 0 bridgehead atoms. The number of nitrogens with zero attached hydrogens (tertiary/aromatic N) is 2. The van der Waals surface area contributed by atoms with E-state index in [1.165, 1.54) is 18.3 Å². The fourth-order valence-electron chi connectivity index (χ4n) is 1.52. The number of benzene rings is 1. The van der Waals surface area contributed by atoms with E-state index < -0.39 is 4.92 Å². The maximum Gasteiger partial charge on any atom is 0.313 e. The predicted octanol–water partition coefficient (Wildman–Crippen LogP) is 3.37. The van der Waals surface area contributed by atoms with Crippen molar-refractivity contribution in [1.29, 1.82) is 5.41 Å². The monoisotopic (exact) mass is 326 g/mol. The lowest BCUT2D eigenvalue weighted by molar-refractivity contribution is -0.385. The third kappa shape index (κ3) is 3.21. The summed E-state index contributed by atoms with van der Waals surface area (Å²) in [7, 11) is 0. The molecule has 3 N–H and O–H groups in total. The Morgan fingerprint density at radius 3 is 2.67 bits per heavy atom. The molecule has 0 aliphatic carbocycles. The van der Waals surface area contributed by atoms with Crippen LogP contribution in [0.15, 0.2) is 30.5 Å². The number of amidine groups is 1. The smallest absolute Gasteiger partial charge is 0.313 e. The van der Waals surface area contributed by atoms with Crippen LogP contribution >= 0.6 is 23.2 Å². The zero-order valence-corrected chi connectivity index (χ0v) is 11.9. The zero-order chi connectivity index (χ0) is 15.6. The Kier molecular flexibility index (Phi) is 4.25. The Balaban J connectivity index is 2.52. The molecule has 1 aromatic heterocycles. The van der Waals surface area contributed by atoms with E-state index in [1.54, 1.807) is 6.07 Å².